The molecule has 3 rings (SSSR count). The quantitative estimate of drug-likeness (QED) is 0.656. The highest BCUT2D eigenvalue weighted by molar-refractivity contribution is 6.31. The third-order valence-electron chi connectivity index (χ3n) is 6.07. The van der Waals surface area contributed by atoms with Crippen LogP contribution in [0.4, 0.5) is 8.78 Å². The molecule has 0 bridgehead atoms. The topological polar surface area (TPSA) is 23.5 Å². The molecular formula is C23H28ClF2NO. The molecule has 3 unspecified atom stereocenters. The van der Waals surface area contributed by atoms with Crippen molar-refractivity contribution in [1.29, 1.82) is 0 Å². The molecule has 28 heavy (non-hydrogen) atoms. The number of aliphatic hydroxyl groups is 1. The molecule has 3 atom stereocenters. The number of rotatable bonds is 6. The van der Waals surface area contributed by atoms with E-state index in [-0.39, 0.29) is 23.6 Å². The van der Waals surface area contributed by atoms with Gasteiger partial charge in [-0.05, 0) is 69.1 Å². The second kappa shape index (κ2) is 8.89. The lowest BCUT2D eigenvalue weighted by molar-refractivity contribution is -0.0829. The zero-order valence-electron chi connectivity index (χ0n) is 16.5. The molecule has 0 radical (unpaired) electrons. The van der Waals surface area contributed by atoms with Gasteiger partial charge in [0.1, 0.15) is 11.6 Å². The van der Waals surface area contributed by atoms with Gasteiger partial charge in [0.05, 0.1) is 5.60 Å². The number of nitrogens with zero attached hydrogens (tertiary/aromatic N) is 1. The van der Waals surface area contributed by atoms with Crippen molar-refractivity contribution in [3.8, 4) is 0 Å². The van der Waals surface area contributed by atoms with Gasteiger partial charge in [-0.2, -0.15) is 0 Å². The normalized spacial score (nSPS) is 23.8. The minimum absolute atomic E-state index is 0.0639. The van der Waals surface area contributed by atoms with E-state index in [0.29, 0.717) is 29.8 Å². The van der Waals surface area contributed by atoms with E-state index in [4.69, 9.17) is 11.6 Å². The monoisotopic (exact) mass is 407 g/mol. The Morgan fingerprint density at radius 2 is 1.93 bits per heavy atom. The average molecular weight is 408 g/mol. The van der Waals surface area contributed by atoms with Gasteiger partial charge in [-0.3, -0.25) is 0 Å². The molecule has 2 nitrogen and oxygen atoms in total. The summed E-state index contributed by atoms with van der Waals surface area (Å²) in [6.45, 7) is 0. The third-order valence-corrected chi connectivity index (χ3v) is 6.40. The van der Waals surface area contributed by atoms with Crippen molar-refractivity contribution in [1.82, 2.24) is 4.90 Å². The molecule has 1 saturated carbocycles. The van der Waals surface area contributed by atoms with E-state index in [0.717, 1.165) is 24.8 Å². The van der Waals surface area contributed by atoms with Crippen LogP contribution in [0.5, 0.6) is 0 Å². The molecule has 0 aromatic heterocycles. The SMILES string of the molecule is CN(C)C(c1ccc(F)cc1Cl)C1CCCCC1(O)CCc1ccccc1F. The Balaban J connectivity index is 1.90. The van der Waals surface area contributed by atoms with Gasteiger partial charge in [-0.1, -0.05) is 48.7 Å². The maximum absolute atomic E-state index is 14.1. The van der Waals surface area contributed by atoms with Crippen LogP contribution in [0.1, 0.15) is 49.3 Å². The number of halogens is 3. The van der Waals surface area contributed by atoms with Crippen molar-refractivity contribution >= 4 is 11.6 Å². The number of aryl methyl sites for hydroxylation is 1. The standard InChI is InChI=1S/C23H28ClF2NO/c1-27(2)22(18-11-10-17(25)15-20(18)24)19-8-5-6-13-23(19,28)14-12-16-7-3-4-9-21(16)26/h3-4,7,9-11,15,19,22,28H,5-6,8,12-14H2,1-2H3. The van der Waals surface area contributed by atoms with Crippen molar-refractivity contribution in [2.75, 3.05) is 14.1 Å². The van der Waals surface area contributed by atoms with E-state index in [1.54, 1.807) is 18.2 Å². The van der Waals surface area contributed by atoms with Crippen molar-refractivity contribution in [2.24, 2.45) is 5.92 Å². The molecule has 2 aromatic rings. The molecule has 1 fully saturated rings. The molecule has 0 amide bonds. The highest BCUT2D eigenvalue weighted by atomic mass is 35.5. The van der Waals surface area contributed by atoms with Crippen molar-refractivity contribution < 1.29 is 13.9 Å². The molecule has 1 aliphatic carbocycles. The van der Waals surface area contributed by atoms with Gasteiger partial charge in [-0.15, -0.1) is 0 Å². The van der Waals surface area contributed by atoms with Gasteiger partial charge in [0.2, 0.25) is 0 Å². The molecule has 2 aromatic carbocycles. The zero-order valence-corrected chi connectivity index (χ0v) is 17.2. The molecule has 5 heteroatoms. The Morgan fingerprint density at radius 3 is 2.61 bits per heavy atom. The lowest BCUT2D eigenvalue weighted by Gasteiger charge is -2.46. The van der Waals surface area contributed by atoms with Crippen LogP contribution >= 0.6 is 11.6 Å². The predicted molar refractivity (Wildman–Crippen MR) is 109 cm³/mol. The van der Waals surface area contributed by atoms with Crippen molar-refractivity contribution in [3.63, 3.8) is 0 Å². The van der Waals surface area contributed by atoms with E-state index in [2.05, 4.69) is 0 Å². The van der Waals surface area contributed by atoms with E-state index in [1.165, 1.54) is 18.2 Å². The number of hydrogen-bond acceptors (Lipinski definition) is 2. The first-order chi connectivity index (χ1) is 13.3. The average Bonchev–Trinajstić information content (AvgIpc) is 2.64. The maximum atomic E-state index is 14.1. The lowest BCUT2D eigenvalue weighted by Crippen LogP contribution is -2.47. The molecule has 152 valence electrons. The zero-order chi connectivity index (χ0) is 20.3. The lowest BCUT2D eigenvalue weighted by atomic mass is 9.67. The minimum atomic E-state index is -0.923. The van der Waals surface area contributed by atoms with Crippen LogP contribution in [0.15, 0.2) is 42.5 Å². The van der Waals surface area contributed by atoms with Crippen molar-refractivity contribution in [2.45, 2.75) is 50.2 Å². The van der Waals surface area contributed by atoms with Gasteiger partial charge < -0.3 is 10.0 Å². The summed E-state index contributed by atoms with van der Waals surface area (Å²) in [6, 6.07) is 11.0. The summed E-state index contributed by atoms with van der Waals surface area (Å²) < 4.78 is 27.6. The van der Waals surface area contributed by atoms with Crippen LogP contribution in [0.3, 0.4) is 0 Å². The fourth-order valence-corrected chi connectivity index (χ4v) is 4.94. The van der Waals surface area contributed by atoms with Gasteiger partial charge in [0.25, 0.3) is 0 Å². The Morgan fingerprint density at radius 1 is 1.18 bits per heavy atom. The summed E-state index contributed by atoms with van der Waals surface area (Å²) >= 11 is 6.38. The van der Waals surface area contributed by atoms with Crippen LogP contribution in [0.2, 0.25) is 5.02 Å². The van der Waals surface area contributed by atoms with Crippen molar-refractivity contribution in [3.05, 3.63) is 70.2 Å². The molecule has 0 heterocycles. The predicted octanol–water partition coefficient (Wildman–Crippen LogP) is 5.78. The third kappa shape index (κ3) is 4.56. The summed E-state index contributed by atoms with van der Waals surface area (Å²) in [7, 11) is 3.91. The molecule has 0 saturated heterocycles. The minimum Gasteiger partial charge on any atom is -0.390 e. The Kier molecular flexibility index (Phi) is 6.74. The maximum Gasteiger partial charge on any atom is 0.126 e. The second-order valence-electron chi connectivity index (χ2n) is 8.12. The smallest absolute Gasteiger partial charge is 0.126 e. The van der Waals surface area contributed by atoms with E-state index in [9.17, 15) is 13.9 Å². The van der Waals surface area contributed by atoms with Crippen LogP contribution in [-0.2, 0) is 6.42 Å². The molecule has 1 N–H and O–H groups in total. The highest BCUT2D eigenvalue weighted by Crippen LogP contribution is 2.47. The second-order valence-corrected chi connectivity index (χ2v) is 8.53. The van der Waals surface area contributed by atoms with Crippen LogP contribution in [0.25, 0.3) is 0 Å². The number of hydrogen-bond donors (Lipinski definition) is 1. The van der Waals surface area contributed by atoms with E-state index in [1.807, 2.05) is 25.1 Å². The Hall–Kier alpha value is -1.49. The van der Waals surface area contributed by atoms with E-state index >= 15 is 0 Å². The highest BCUT2D eigenvalue weighted by Gasteiger charge is 2.44. The fourth-order valence-electron chi connectivity index (χ4n) is 4.66. The van der Waals surface area contributed by atoms with Crippen LogP contribution in [0, 0.1) is 17.6 Å². The van der Waals surface area contributed by atoms with Gasteiger partial charge in [0, 0.05) is 17.0 Å². The summed E-state index contributed by atoms with van der Waals surface area (Å²) in [6.07, 6.45) is 4.47. The first-order valence-corrected chi connectivity index (χ1v) is 10.3. The number of benzene rings is 2. The largest absolute Gasteiger partial charge is 0.390 e. The first-order valence-electron chi connectivity index (χ1n) is 9.89. The molecule has 0 spiro atoms. The van der Waals surface area contributed by atoms with Gasteiger partial charge in [-0.25, -0.2) is 8.78 Å². The Labute approximate surface area is 171 Å². The summed E-state index contributed by atoms with van der Waals surface area (Å²) in [5.74, 6) is -0.667. The van der Waals surface area contributed by atoms with Crippen LogP contribution < -0.4 is 0 Å². The van der Waals surface area contributed by atoms with Crippen LogP contribution in [-0.4, -0.2) is 29.7 Å². The molecule has 0 aliphatic heterocycles. The van der Waals surface area contributed by atoms with E-state index < -0.39 is 5.60 Å². The summed E-state index contributed by atoms with van der Waals surface area (Å²) in [4.78, 5) is 2.04. The van der Waals surface area contributed by atoms with Gasteiger partial charge in [0.15, 0.2) is 0 Å². The summed E-state index contributed by atoms with van der Waals surface area (Å²) in [5.41, 5.74) is 0.526. The summed E-state index contributed by atoms with van der Waals surface area (Å²) in [5, 5.41) is 12.0. The Bertz CT molecular complexity index is 813. The molecular weight excluding hydrogens is 380 g/mol. The fraction of sp³-hybridized carbons (Fsp3) is 0.478. The first kappa shape index (κ1) is 21.2. The molecule has 1 aliphatic rings. The van der Waals surface area contributed by atoms with Gasteiger partial charge >= 0.3 is 0 Å².